The SMILES string of the molecule is COc1cccc(C(N)=O)c1OCCOc1ccc(F)cc1. The summed E-state index contributed by atoms with van der Waals surface area (Å²) in [5.41, 5.74) is 5.54. The molecule has 0 aliphatic rings. The van der Waals surface area contributed by atoms with Gasteiger partial charge in [0.15, 0.2) is 11.5 Å². The molecule has 0 saturated heterocycles. The Labute approximate surface area is 127 Å². The summed E-state index contributed by atoms with van der Waals surface area (Å²) >= 11 is 0. The summed E-state index contributed by atoms with van der Waals surface area (Å²) in [4.78, 5) is 11.4. The van der Waals surface area contributed by atoms with Crippen LogP contribution in [0.3, 0.4) is 0 Å². The van der Waals surface area contributed by atoms with E-state index in [0.717, 1.165) is 0 Å². The molecule has 0 unspecified atom stereocenters. The summed E-state index contributed by atoms with van der Waals surface area (Å²) in [5, 5.41) is 0. The van der Waals surface area contributed by atoms with E-state index in [9.17, 15) is 9.18 Å². The lowest BCUT2D eigenvalue weighted by molar-refractivity contribution is 0.0994. The summed E-state index contributed by atoms with van der Waals surface area (Å²) in [5.74, 6) is 0.288. The first-order valence-corrected chi connectivity index (χ1v) is 6.60. The molecule has 0 radical (unpaired) electrons. The predicted octanol–water partition coefficient (Wildman–Crippen LogP) is 2.39. The number of carbonyl (C=O) groups is 1. The lowest BCUT2D eigenvalue weighted by Crippen LogP contribution is -2.16. The molecule has 0 spiro atoms. The van der Waals surface area contributed by atoms with Gasteiger partial charge in [0, 0.05) is 0 Å². The second-order valence-electron chi connectivity index (χ2n) is 4.35. The zero-order chi connectivity index (χ0) is 15.9. The van der Waals surface area contributed by atoms with Crippen molar-refractivity contribution in [3.63, 3.8) is 0 Å². The number of hydrogen-bond acceptors (Lipinski definition) is 4. The molecule has 1 amide bonds. The Morgan fingerprint density at radius 2 is 1.77 bits per heavy atom. The van der Waals surface area contributed by atoms with Crippen molar-refractivity contribution in [1.82, 2.24) is 0 Å². The number of para-hydroxylation sites is 1. The molecule has 0 aliphatic heterocycles. The molecule has 0 aliphatic carbocycles. The Kier molecular flexibility index (Phi) is 5.19. The van der Waals surface area contributed by atoms with Gasteiger partial charge in [0.1, 0.15) is 24.8 Å². The molecule has 0 atom stereocenters. The first-order valence-electron chi connectivity index (χ1n) is 6.60. The number of carbonyl (C=O) groups excluding carboxylic acids is 1. The van der Waals surface area contributed by atoms with Gasteiger partial charge in [-0.15, -0.1) is 0 Å². The lowest BCUT2D eigenvalue weighted by atomic mass is 10.2. The van der Waals surface area contributed by atoms with Crippen LogP contribution in [0.5, 0.6) is 17.2 Å². The Balaban J connectivity index is 1.96. The third-order valence-corrected chi connectivity index (χ3v) is 2.88. The number of ether oxygens (including phenoxy) is 3. The number of amides is 1. The number of hydrogen-bond donors (Lipinski definition) is 1. The van der Waals surface area contributed by atoms with E-state index in [1.54, 1.807) is 18.2 Å². The topological polar surface area (TPSA) is 70.8 Å². The van der Waals surface area contributed by atoms with Crippen LogP contribution in [-0.2, 0) is 0 Å². The smallest absolute Gasteiger partial charge is 0.252 e. The highest BCUT2D eigenvalue weighted by Crippen LogP contribution is 2.30. The fourth-order valence-corrected chi connectivity index (χ4v) is 1.85. The van der Waals surface area contributed by atoms with Crippen molar-refractivity contribution in [1.29, 1.82) is 0 Å². The van der Waals surface area contributed by atoms with E-state index >= 15 is 0 Å². The minimum atomic E-state index is -0.603. The number of primary amides is 1. The first kappa shape index (κ1) is 15.6. The summed E-state index contributed by atoms with van der Waals surface area (Å²) in [6.45, 7) is 0.403. The van der Waals surface area contributed by atoms with Crippen LogP contribution >= 0.6 is 0 Å². The monoisotopic (exact) mass is 305 g/mol. The van der Waals surface area contributed by atoms with Crippen LogP contribution in [0.1, 0.15) is 10.4 Å². The van der Waals surface area contributed by atoms with E-state index in [1.807, 2.05) is 0 Å². The van der Waals surface area contributed by atoms with Crippen molar-refractivity contribution in [3.8, 4) is 17.2 Å². The van der Waals surface area contributed by atoms with E-state index in [4.69, 9.17) is 19.9 Å². The van der Waals surface area contributed by atoms with Gasteiger partial charge in [-0.25, -0.2) is 4.39 Å². The average molecular weight is 305 g/mol. The second-order valence-corrected chi connectivity index (χ2v) is 4.35. The Hall–Kier alpha value is -2.76. The molecule has 2 N–H and O–H groups in total. The van der Waals surface area contributed by atoms with Crippen molar-refractivity contribution in [2.75, 3.05) is 20.3 Å². The van der Waals surface area contributed by atoms with Gasteiger partial charge in [0.2, 0.25) is 0 Å². The maximum atomic E-state index is 12.8. The fraction of sp³-hybridized carbons (Fsp3) is 0.188. The maximum Gasteiger partial charge on any atom is 0.252 e. The van der Waals surface area contributed by atoms with Crippen molar-refractivity contribution in [2.45, 2.75) is 0 Å². The van der Waals surface area contributed by atoms with Crippen LogP contribution in [0, 0.1) is 5.82 Å². The minimum absolute atomic E-state index is 0.179. The maximum absolute atomic E-state index is 12.8. The molecule has 2 aromatic rings. The molecule has 0 fully saturated rings. The summed E-state index contributed by atoms with van der Waals surface area (Å²) < 4.78 is 28.9. The standard InChI is InChI=1S/C16H16FNO4/c1-20-14-4-2-3-13(16(18)19)15(14)22-10-9-21-12-7-5-11(17)6-8-12/h2-8H,9-10H2,1H3,(H2,18,19). The number of halogens is 1. The molecular weight excluding hydrogens is 289 g/mol. The molecular formula is C16H16FNO4. The average Bonchev–Trinajstić information content (AvgIpc) is 2.53. The molecule has 5 nitrogen and oxygen atoms in total. The molecule has 2 rings (SSSR count). The molecule has 0 saturated carbocycles. The molecule has 6 heteroatoms. The molecule has 0 bridgehead atoms. The van der Waals surface area contributed by atoms with E-state index < -0.39 is 5.91 Å². The number of methoxy groups -OCH3 is 1. The minimum Gasteiger partial charge on any atom is -0.493 e. The first-order chi connectivity index (χ1) is 10.6. The zero-order valence-electron chi connectivity index (χ0n) is 12.0. The van der Waals surface area contributed by atoms with Gasteiger partial charge < -0.3 is 19.9 Å². The number of rotatable bonds is 7. The Morgan fingerprint density at radius 3 is 2.41 bits per heavy atom. The van der Waals surface area contributed by atoms with Crippen molar-refractivity contribution in [2.24, 2.45) is 5.73 Å². The summed E-state index contributed by atoms with van der Waals surface area (Å²) in [6, 6.07) is 10.5. The molecule has 22 heavy (non-hydrogen) atoms. The summed E-state index contributed by atoms with van der Waals surface area (Å²) in [7, 11) is 1.47. The van der Waals surface area contributed by atoms with E-state index in [0.29, 0.717) is 11.5 Å². The predicted molar refractivity (Wildman–Crippen MR) is 78.9 cm³/mol. The molecule has 2 aromatic carbocycles. The highest BCUT2D eigenvalue weighted by Gasteiger charge is 2.14. The van der Waals surface area contributed by atoms with Gasteiger partial charge in [0.05, 0.1) is 12.7 Å². The van der Waals surface area contributed by atoms with Gasteiger partial charge in [-0.2, -0.15) is 0 Å². The quantitative estimate of drug-likeness (QED) is 0.797. The van der Waals surface area contributed by atoms with Gasteiger partial charge in [0.25, 0.3) is 5.91 Å². The van der Waals surface area contributed by atoms with Crippen LogP contribution in [0.2, 0.25) is 0 Å². The van der Waals surface area contributed by atoms with E-state index in [1.165, 1.54) is 31.4 Å². The second kappa shape index (κ2) is 7.31. The largest absolute Gasteiger partial charge is 0.493 e. The fourth-order valence-electron chi connectivity index (χ4n) is 1.85. The normalized spacial score (nSPS) is 10.1. The van der Waals surface area contributed by atoms with Crippen molar-refractivity contribution in [3.05, 3.63) is 53.8 Å². The van der Waals surface area contributed by atoms with Crippen LogP contribution < -0.4 is 19.9 Å². The third-order valence-electron chi connectivity index (χ3n) is 2.88. The van der Waals surface area contributed by atoms with Crippen molar-refractivity contribution >= 4 is 5.91 Å². The molecule has 0 aromatic heterocycles. The van der Waals surface area contributed by atoms with Crippen LogP contribution in [0.4, 0.5) is 4.39 Å². The third kappa shape index (κ3) is 3.88. The highest BCUT2D eigenvalue weighted by atomic mass is 19.1. The Bertz CT molecular complexity index is 643. The number of benzene rings is 2. The van der Waals surface area contributed by atoms with Gasteiger partial charge in [-0.3, -0.25) is 4.79 Å². The Morgan fingerprint density at radius 1 is 1.09 bits per heavy atom. The van der Waals surface area contributed by atoms with Crippen LogP contribution in [-0.4, -0.2) is 26.2 Å². The number of nitrogens with two attached hydrogens (primary N) is 1. The highest BCUT2D eigenvalue weighted by molar-refractivity contribution is 5.96. The molecule has 0 heterocycles. The van der Waals surface area contributed by atoms with Crippen LogP contribution in [0.15, 0.2) is 42.5 Å². The van der Waals surface area contributed by atoms with Gasteiger partial charge in [-0.05, 0) is 36.4 Å². The lowest BCUT2D eigenvalue weighted by Gasteiger charge is -2.13. The van der Waals surface area contributed by atoms with Crippen LogP contribution in [0.25, 0.3) is 0 Å². The van der Waals surface area contributed by atoms with E-state index in [-0.39, 0.29) is 30.3 Å². The van der Waals surface area contributed by atoms with Crippen molar-refractivity contribution < 1.29 is 23.4 Å². The summed E-state index contributed by atoms with van der Waals surface area (Å²) in [6.07, 6.45) is 0. The van der Waals surface area contributed by atoms with E-state index in [2.05, 4.69) is 0 Å². The zero-order valence-corrected chi connectivity index (χ0v) is 12.0. The van der Waals surface area contributed by atoms with Gasteiger partial charge in [-0.1, -0.05) is 6.07 Å². The molecule has 116 valence electrons. The van der Waals surface area contributed by atoms with Gasteiger partial charge >= 0.3 is 0 Å².